The summed E-state index contributed by atoms with van der Waals surface area (Å²) in [6.45, 7) is 5.93. The van der Waals surface area contributed by atoms with Gasteiger partial charge in [0.25, 0.3) is 5.82 Å². The van der Waals surface area contributed by atoms with Gasteiger partial charge in [-0.15, -0.1) is 5.12 Å². The van der Waals surface area contributed by atoms with Crippen LogP contribution in [0.2, 0.25) is 0 Å². The van der Waals surface area contributed by atoms with Gasteiger partial charge in [0.1, 0.15) is 6.20 Å². The first kappa shape index (κ1) is 9.64. The number of nitrogens with zero attached hydrogens (tertiary/aromatic N) is 5. The van der Waals surface area contributed by atoms with Gasteiger partial charge in [0, 0.05) is 13.1 Å². The van der Waals surface area contributed by atoms with Crippen LogP contribution in [0.1, 0.15) is 13.8 Å². The van der Waals surface area contributed by atoms with Crippen molar-refractivity contribution < 1.29 is 4.11 Å². The largest absolute Gasteiger partial charge is 0.299 e. The summed E-state index contributed by atoms with van der Waals surface area (Å²) in [6, 6.07) is 0. The van der Waals surface area contributed by atoms with Crippen molar-refractivity contribution >= 4 is 24.5 Å². The fraction of sp³-hybridized carbons (Fsp3) is 0.500. The van der Waals surface area contributed by atoms with Crippen LogP contribution in [0.5, 0.6) is 0 Å². The van der Waals surface area contributed by atoms with Gasteiger partial charge in [-0.3, -0.25) is 0 Å². The second-order valence-electron chi connectivity index (χ2n) is 3.06. The Kier molecular flexibility index (Phi) is 2.30. The maximum Gasteiger partial charge on any atom is 0.299 e. The van der Waals surface area contributed by atoms with E-state index in [0.29, 0.717) is 0 Å². The normalized spacial score (nSPS) is 28.9. The standard InChI is InChI=1S/C8H13ClN5/c1-3-12(4-2)13-6-11-8-5-10-7-14(8,13)9/h5-7H,3-4H2,1-2H3/q+1. The molecular weight excluding hydrogens is 202 g/mol. The molecule has 0 aromatic carbocycles. The second kappa shape index (κ2) is 3.34. The van der Waals surface area contributed by atoms with Crippen LogP contribution in [0.3, 0.4) is 0 Å². The average molecular weight is 215 g/mol. The Labute approximate surface area is 88.2 Å². The molecule has 0 aromatic heterocycles. The summed E-state index contributed by atoms with van der Waals surface area (Å²) in [7, 11) is 0. The highest BCUT2D eigenvalue weighted by Crippen LogP contribution is 2.32. The molecule has 0 fully saturated rings. The molecule has 0 radical (unpaired) electrons. The Morgan fingerprint density at radius 3 is 2.86 bits per heavy atom. The molecular formula is C8H13ClN5+. The molecule has 0 amide bonds. The van der Waals surface area contributed by atoms with Gasteiger partial charge in [0.15, 0.2) is 6.34 Å². The molecule has 2 aliphatic rings. The molecule has 0 bridgehead atoms. The van der Waals surface area contributed by atoms with Crippen LogP contribution in [0.25, 0.3) is 0 Å². The first-order chi connectivity index (χ1) is 6.72. The van der Waals surface area contributed by atoms with Crippen molar-refractivity contribution in [2.75, 3.05) is 13.1 Å². The van der Waals surface area contributed by atoms with Gasteiger partial charge in [-0.1, -0.05) is 13.8 Å². The van der Waals surface area contributed by atoms with Crippen molar-refractivity contribution in [3.05, 3.63) is 12.0 Å². The lowest BCUT2D eigenvalue weighted by molar-refractivity contribution is -0.813. The molecule has 0 spiro atoms. The van der Waals surface area contributed by atoms with E-state index in [9.17, 15) is 0 Å². The molecule has 0 N–H and O–H groups in total. The summed E-state index contributed by atoms with van der Waals surface area (Å²) in [5.41, 5.74) is 0. The third kappa shape index (κ3) is 1.17. The van der Waals surface area contributed by atoms with Gasteiger partial charge in [-0.25, -0.2) is 0 Å². The second-order valence-corrected chi connectivity index (χ2v) is 3.57. The van der Waals surface area contributed by atoms with Gasteiger partial charge < -0.3 is 0 Å². The van der Waals surface area contributed by atoms with E-state index in [-0.39, 0.29) is 4.11 Å². The Bertz CT molecular complexity index is 320. The lowest BCUT2D eigenvalue weighted by Gasteiger charge is -2.33. The minimum absolute atomic E-state index is 0.0156. The van der Waals surface area contributed by atoms with Crippen molar-refractivity contribution in [3.8, 4) is 0 Å². The van der Waals surface area contributed by atoms with Crippen LogP contribution < -0.4 is 0 Å². The minimum Gasteiger partial charge on any atom is -0.200 e. The van der Waals surface area contributed by atoms with Gasteiger partial charge in [-0.2, -0.15) is 15.0 Å². The van der Waals surface area contributed by atoms with Gasteiger partial charge >= 0.3 is 0 Å². The lowest BCUT2D eigenvalue weighted by Crippen LogP contribution is -2.55. The van der Waals surface area contributed by atoms with Gasteiger partial charge in [0.05, 0.1) is 0 Å². The number of quaternary nitrogens is 1. The van der Waals surface area contributed by atoms with E-state index in [1.165, 1.54) is 0 Å². The number of fused-ring (bicyclic) bond motifs is 1. The zero-order valence-electron chi connectivity index (χ0n) is 8.26. The third-order valence-corrected chi connectivity index (χ3v) is 2.76. The number of hydrogen-bond acceptors (Lipinski definition) is 4. The molecule has 2 aliphatic heterocycles. The van der Waals surface area contributed by atoms with Crippen LogP contribution in [-0.2, 0) is 0 Å². The zero-order valence-corrected chi connectivity index (χ0v) is 9.02. The Balaban J connectivity index is 2.26. The van der Waals surface area contributed by atoms with Gasteiger partial charge in [-0.05, 0) is 4.11 Å². The van der Waals surface area contributed by atoms with Crippen molar-refractivity contribution in [1.82, 2.24) is 10.1 Å². The van der Waals surface area contributed by atoms with E-state index in [0.717, 1.165) is 18.9 Å². The van der Waals surface area contributed by atoms with Crippen molar-refractivity contribution in [2.24, 2.45) is 9.98 Å². The number of hydrogen-bond donors (Lipinski definition) is 0. The predicted octanol–water partition coefficient (Wildman–Crippen LogP) is 1.31. The number of halogens is 1. The van der Waals surface area contributed by atoms with Crippen LogP contribution in [-0.4, -0.2) is 40.0 Å². The highest BCUT2D eigenvalue weighted by molar-refractivity contribution is 6.11. The number of rotatable bonds is 3. The van der Waals surface area contributed by atoms with Crippen LogP contribution in [0.15, 0.2) is 22.0 Å². The molecule has 76 valence electrons. The molecule has 1 atom stereocenters. The monoisotopic (exact) mass is 214 g/mol. The van der Waals surface area contributed by atoms with Crippen LogP contribution in [0, 0.1) is 0 Å². The molecule has 0 aromatic rings. The molecule has 0 saturated heterocycles. The molecule has 0 aliphatic carbocycles. The first-order valence-corrected chi connectivity index (χ1v) is 4.98. The van der Waals surface area contributed by atoms with E-state index < -0.39 is 0 Å². The van der Waals surface area contributed by atoms with Crippen molar-refractivity contribution in [2.45, 2.75) is 13.8 Å². The quantitative estimate of drug-likeness (QED) is 0.664. The molecule has 2 rings (SSSR count). The maximum absolute atomic E-state index is 6.37. The van der Waals surface area contributed by atoms with E-state index in [4.69, 9.17) is 11.8 Å². The van der Waals surface area contributed by atoms with Gasteiger partial charge in [0.2, 0.25) is 18.1 Å². The van der Waals surface area contributed by atoms with E-state index in [2.05, 4.69) is 28.8 Å². The van der Waals surface area contributed by atoms with E-state index in [1.807, 2.05) is 5.12 Å². The van der Waals surface area contributed by atoms with Crippen LogP contribution in [0.4, 0.5) is 0 Å². The fourth-order valence-electron chi connectivity index (χ4n) is 1.56. The minimum atomic E-state index is 0.0156. The molecule has 5 nitrogen and oxygen atoms in total. The van der Waals surface area contributed by atoms with Crippen LogP contribution >= 0.6 is 11.8 Å². The number of hydrazine groups is 1. The molecule has 14 heavy (non-hydrogen) atoms. The summed E-state index contributed by atoms with van der Waals surface area (Å²) in [5.74, 6) is 0.735. The molecule has 0 saturated carbocycles. The van der Waals surface area contributed by atoms with Crippen molar-refractivity contribution in [3.63, 3.8) is 0 Å². The topological polar surface area (TPSA) is 31.2 Å². The summed E-state index contributed by atoms with van der Waals surface area (Å²) < 4.78 is 0.0156. The number of aliphatic imine (C=N–C) groups is 2. The Morgan fingerprint density at radius 1 is 1.50 bits per heavy atom. The summed E-state index contributed by atoms with van der Waals surface area (Å²) >= 11 is 6.37. The van der Waals surface area contributed by atoms with Crippen molar-refractivity contribution in [1.29, 1.82) is 0 Å². The molecule has 2 heterocycles. The summed E-state index contributed by atoms with van der Waals surface area (Å²) in [5, 5.41) is 3.96. The van der Waals surface area contributed by atoms with E-state index >= 15 is 0 Å². The zero-order chi connectivity index (χ0) is 10.2. The smallest absolute Gasteiger partial charge is 0.200 e. The molecule has 1 unspecified atom stereocenters. The molecule has 6 heteroatoms. The average Bonchev–Trinajstić information content (AvgIpc) is 2.67. The summed E-state index contributed by atoms with van der Waals surface area (Å²) in [4.78, 5) is 8.22. The third-order valence-electron chi connectivity index (χ3n) is 2.34. The summed E-state index contributed by atoms with van der Waals surface area (Å²) in [6.07, 6.45) is 5.06. The maximum atomic E-state index is 6.37. The first-order valence-electron chi connectivity index (χ1n) is 4.64. The SMILES string of the molecule is CCN(CC)N1C=NC2=CN=C[N+]21Cl. The van der Waals surface area contributed by atoms with E-state index in [1.54, 1.807) is 18.9 Å². The highest BCUT2D eigenvalue weighted by Gasteiger charge is 2.47. The highest BCUT2D eigenvalue weighted by atomic mass is 35.5. The Morgan fingerprint density at radius 2 is 2.21 bits per heavy atom. The Hall–Kier alpha value is -0.910. The fourth-order valence-corrected chi connectivity index (χ4v) is 1.83. The lowest BCUT2D eigenvalue weighted by atomic mass is 10.6. The predicted molar refractivity (Wildman–Crippen MR) is 55.9 cm³/mol.